The zero-order valence-electron chi connectivity index (χ0n) is 16.5. The molecule has 2 heterocycles. The molecule has 0 aromatic carbocycles. The number of hydrogen-bond acceptors (Lipinski definition) is 2. The third-order valence-electron chi connectivity index (χ3n) is 5.23. The monoisotopic (exact) mass is 468 g/mol. The molecule has 0 atom stereocenters. The fourth-order valence-electron chi connectivity index (χ4n) is 3.68. The molecule has 2 aromatic rings. The van der Waals surface area contributed by atoms with E-state index in [1.807, 2.05) is 6.07 Å². The van der Waals surface area contributed by atoms with Crippen LogP contribution in [-0.2, 0) is 6.61 Å². The molecule has 0 saturated heterocycles. The van der Waals surface area contributed by atoms with E-state index in [0.29, 0.717) is 9.26 Å². The predicted molar refractivity (Wildman–Crippen MR) is 108 cm³/mol. The van der Waals surface area contributed by atoms with Crippen LogP contribution in [0.4, 0.5) is 4.39 Å². The van der Waals surface area contributed by atoms with Crippen molar-refractivity contribution in [3.63, 3.8) is 0 Å². The van der Waals surface area contributed by atoms with Crippen molar-refractivity contribution in [1.82, 2.24) is 9.38 Å². The summed E-state index contributed by atoms with van der Waals surface area (Å²) in [5.41, 5.74) is 1.01. The molecular weight excluding hydrogens is 434 g/mol. The normalized spacial score (nSPS) is 12.2. The molecule has 1 N–H and O–H groups in total. The molecular formula is C21H33FN2OSn. The Morgan fingerprint density at radius 3 is 2.12 bits per heavy atom. The molecule has 2 radical (unpaired) electrons. The van der Waals surface area contributed by atoms with E-state index in [-0.39, 0.29) is 12.4 Å². The zero-order valence-corrected chi connectivity index (χ0v) is 19.4. The number of nitrogens with zero attached hydrogens (tertiary/aromatic N) is 2. The quantitative estimate of drug-likeness (QED) is 0.445. The van der Waals surface area contributed by atoms with Gasteiger partial charge < -0.3 is 0 Å². The van der Waals surface area contributed by atoms with Crippen molar-refractivity contribution in [3.8, 4) is 0 Å². The van der Waals surface area contributed by atoms with E-state index in [4.69, 9.17) is 4.98 Å². The fraction of sp³-hybridized carbons (Fsp3) is 0.667. The Morgan fingerprint density at radius 2 is 1.62 bits per heavy atom. The van der Waals surface area contributed by atoms with E-state index in [1.165, 1.54) is 73.8 Å². The van der Waals surface area contributed by atoms with Crippen LogP contribution in [0.1, 0.15) is 84.4 Å². The topological polar surface area (TPSA) is 37.5 Å². The van der Waals surface area contributed by atoms with Gasteiger partial charge in [0.25, 0.3) is 0 Å². The first kappa shape index (κ1) is 21.7. The molecule has 0 aliphatic heterocycles. The summed E-state index contributed by atoms with van der Waals surface area (Å²) in [6.45, 7) is 6.67. The summed E-state index contributed by atoms with van der Waals surface area (Å²) in [4.78, 5) is 4.78. The molecule has 0 unspecified atom stereocenters. The Hall–Kier alpha value is -0.621. The minimum absolute atomic E-state index is 0.143. The van der Waals surface area contributed by atoms with Gasteiger partial charge in [0.15, 0.2) is 0 Å². The summed E-state index contributed by atoms with van der Waals surface area (Å²) in [6, 6.07) is 3.37. The van der Waals surface area contributed by atoms with Crippen LogP contribution in [-0.4, -0.2) is 35.6 Å². The summed E-state index contributed by atoms with van der Waals surface area (Å²) in [5.74, 6) is 0.293. The van der Waals surface area contributed by atoms with Gasteiger partial charge >= 0.3 is 168 Å². The van der Waals surface area contributed by atoms with Gasteiger partial charge in [-0.15, -0.1) is 0 Å². The van der Waals surface area contributed by atoms with E-state index in [2.05, 4.69) is 20.8 Å². The maximum atomic E-state index is 13.7. The summed E-state index contributed by atoms with van der Waals surface area (Å²) in [7, 11) is 0. The number of rotatable bonds is 12. The molecule has 5 heteroatoms. The molecule has 0 aliphatic carbocycles. The van der Waals surface area contributed by atoms with Gasteiger partial charge in [0.1, 0.15) is 0 Å². The number of aliphatic hydroxyl groups is 1. The van der Waals surface area contributed by atoms with Gasteiger partial charge in [0, 0.05) is 0 Å². The Morgan fingerprint density at radius 1 is 1.04 bits per heavy atom. The first-order chi connectivity index (χ1) is 12.6. The summed E-state index contributed by atoms with van der Waals surface area (Å²) < 4.78 is 17.1. The Labute approximate surface area is 167 Å². The standard InChI is InChI=1S/C13H27.C8H6FN2O.Sn/c1-4-7-10-13(11-8-5-2)12-9-6-3;9-6-1-2-7-3-10-8(5-12)11(7)4-6;/h4-12H2,1-3H3;1-2,4,12H,5H2;. The molecule has 144 valence electrons. The van der Waals surface area contributed by atoms with Gasteiger partial charge in [-0.05, 0) is 0 Å². The van der Waals surface area contributed by atoms with Crippen LogP contribution in [0.5, 0.6) is 0 Å². The van der Waals surface area contributed by atoms with E-state index in [1.54, 1.807) is 4.40 Å². The van der Waals surface area contributed by atoms with Crippen molar-refractivity contribution < 1.29 is 9.50 Å². The Kier molecular flexibility index (Phi) is 8.88. The van der Waals surface area contributed by atoms with Crippen molar-refractivity contribution in [2.75, 3.05) is 0 Å². The van der Waals surface area contributed by atoms with Gasteiger partial charge in [-0.3, -0.25) is 0 Å². The second-order valence-corrected chi connectivity index (χ2v) is 12.4. The molecule has 0 saturated carbocycles. The molecule has 0 bridgehead atoms. The second-order valence-electron chi connectivity index (χ2n) is 7.35. The summed E-state index contributed by atoms with van der Waals surface area (Å²) >= 11 is -1.01. The van der Waals surface area contributed by atoms with E-state index in [0.717, 1.165) is 5.52 Å². The average Bonchev–Trinajstić information content (AvgIpc) is 2.99. The van der Waals surface area contributed by atoms with Crippen LogP contribution in [0.15, 0.2) is 18.3 Å². The van der Waals surface area contributed by atoms with Crippen molar-refractivity contribution in [1.29, 1.82) is 0 Å². The molecule has 2 rings (SSSR count). The van der Waals surface area contributed by atoms with Crippen molar-refractivity contribution in [2.24, 2.45) is 0 Å². The van der Waals surface area contributed by atoms with Crippen LogP contribution >= 0.6 is 0 Å². The maximum absolute atomic E-state index is 13.7. The molecule has 26 heavy (non-hydrogen) atoms. The van der Waals surface area contributed by atoms with Crippen LogP contribution in [0.2, 0.25) is 3.43 Å². The van der Waals surface area contributed by atoms with Crippen molar-refractivity contribution in [3.05, 3.63) is 30.0 Å². The fourth-order valence-corrected chi connectivity index (χ4v) is 9.18. The third-order valence-corrected chi connectivity index (χ3v) is 10.6. The summed E-state index contributed by atoms with van der Waals surface area (Å²) in [5, 5.41) is 9.68. The number of hydrogen-bond donors (Lipinski definition) is 1. The number of halogens is 1. The van der Waals surface area contributed by atoms with Gasteiger partial charge in [-0.25, -0.2) is 0 Å². The van der Waals surface area contributed by atoms with Crippen molar-refractivity contribution >= 4 is 30.4 Å². The summed E-state index contributed by atoms with van der Waals surface area (Å²) in [6.07, 6.45) is 12.9. The first-order valence-electron chi connectivity index (χ1n) is 10.1. The minimum atomic E-state index is -1.01. The third kappa shape index (κ3) is 5.44. The van der Waals surface area contributed by atoms with Crippen LogP contribution in [0, 0.1) is 5.82 Å². The number of imidazole rings is 1. The first-order valence-corrected chi connectivity index (χ1v) is 13.0. The Bertz CT molecular complexity index is 664. The number of aliphatic hydroxyl groups excluding tert-OH is 1. The molecule has 3 nitrogen and oxygen atoms in total. The second kappa shape index (κ2) is 10.6. The van der Waals surface area contributed by atoms with E-state index < -0.39 is 21.1 Å². The molecule has 0 aliphatic rings. The van der Waals surface area contributed by atoms with E-state index in [9.17, 15) is 9.50 Å². The predicted octanol–water partition coefficient (Wildman–Crippen LogP) is 5.02. The number of fused-ring (bicyclic) bond motifs is 1. The molecule has 0 fully saturated rings. The van der Waals surface area contributed by atoms with Crippen molar-refractivity contribution in [2.45, 2.75) is 88.6 Å². The van der Waals surface area contributed by atoms with Gasteiger partial charge in [0.05, 0.1) is 0 Å². The molecule has 0 spiro atoms. The average molecular weight is 467 g/mol. The molecule has 2 aromatic heterocycles. The zero-order chi connectivity index (χ0) is 19.0. The number of unbranched alkanes of at least 4 members (excludes halogenated alkanes) is 3. The number of pyridine rings is 1. The van der Waals surface area contributed by atoms with Gasteiger partial charge in [0.2, 0.25) is 0 Å². The number of aromatic nitrogens is 2. The van der Waals surface area contributed by atoms with Gasteiger partial charge in [-0.2, -0.15) is 0 Å². The van der Waals surface area contributed by atoms with Crippen LogP contribution < -0.4 is 3.71 Å². The SMILES string of the molecule is CCCC[C](CCCC)(CCCC)[Sn][c]1nc(CO)n2cc(F)ccc12. The van der Waals surface area contributed by atoms with Crippen LogP contribution in [0.25, 0.3) is 5.52 Å². The van der Waals surface area contributed by atoms with E-state index >= 15 is 0 Å². The van der Waals surface area contributed by atoms with Gasteiger partial charge in [-0.1, -0.05) is 0 Å². The molecule has 0 amide bonds. The Balaban J connectivity index is 2.40. The van der Waals surface area contributed by atoms with Crippen LogP contribution in [0.3, 0.4) is 0 Å².